The minimum absolute atomic E-state index is 0.215. The number of thiazole rings is 1. The van der Waals surface area contributed by atoms with Gasteiger partial charge in [0.25, 0.3) is 5.56 Å². The molecule has 9 heteroatoms. The second-order valence-electron chi connectivity index (χ2n) is 9.77. The number of anilines is 1. The van der Waals surface area contributed by atoms with Gasteiger partial charge < -0.3 is 14.4 Å². The average Bonchev–Trinajstić information content (AvgIpc) is 3.26. The van der Waals surface area contributed by atoms with Crippen LogP contribution in [0.5, 0.6) is 5.75 Å². The molecule has 0 saturated heterocycles. The van der Waals surface area contributed by atoms with E-state index >= 15 is 0 Å². The number of allylic oxidation sites excluding steroid dienone is 1. The summed E-state index contributed by atoms with van der Waals surface area (Å²) < 4.78 is 13.4. The smallest absolute Gasteiger partial charge is 0.338 e. The molecule has 0 amide bonds. The van der Waals surface area contributed by atoms with Crippen LogP contribution in [0, 0.1) is 0 Å². The van der Waals surface area contributed by atoms with Gasteiger partial charge in [-0.05, 0) is 73.0 Å². The highest BCUT2D eigenvalue weighted by atomic mass is 35.5. The quantitative estimate of drug-likeness (QED) is 0.268. The monoisotopic (exact) mass is 587 g/mol. The molecule has 5 rings (SSSR count). The standard InChI is InChI=1S/C32H30ClN3O4S/c1-5-39-31(38)28-20(2)34-32-36(29(28)23-10-14-25(15-11-23)35(3)4)30(37)27(41-32)18-21-8-16-26(17-9-21)40-19-22-6-12-24(33)13-7-22/h6-18,29H,5,19H2,1-4H3. The fourth-order valence-electron chi connectivity index (χ4n) is 4.62. The molecule has 1 unspecified atom stereocenters. The number of ether oxygens (including phenoxy) is 2. The Labute approximate surface area is 247 Å². The molecule has 0 radical (unpaired) electrons. The van der Waals surface area contributed by atoms with Gasteiger partial charge in [-0.1, -0.05) is 59.3 Å². The van der Waals surface area contributed by atoms with E-state index in [1.807, 2.05) is 97.9 Å². The van der Waals surface area contributed by atoms with Crippen molar-refractivity contribution in [1.82, 2.24) is 4.57 Å². The zero-order valence-electron chi connectivity index (χ0n) is 23.3. The number of aromatic nitrogens is 1. The van der Waals surface area contributed by atoms with Gasteiger partial charge in [-0.2, -0.15) is 0 Å². The SMILES string of the molecule is CCOC(=O)C1=C(C)N=c2sc(=Cc3ccc(OCc4ccc(Cl)cc4)cc3)c(=O)n2C1c1ccc(N(C)C)cc1. The van der Waals surface area contributed by atoms with Gasteiger partial charge in [0.15, 0.2) is 4.80 Å². The van der Waals surface area contributed by atoms with Crippen LogP contribution in [-0.2, 0) is 16.1 Å². The van der Waals surface area contributed by atoms with Gasteiger partial charge in [-0.15, -0.1) is 0 Å². The molecule has 0 spiro atoms. The lowest BCUT2D eigenvalue weighted by Crippen LogP contribution is -2.39. The number of benzene rings is 3. The number of hydrogen-bond acceptors (Lipinski definition) is 7. The van der Waals surface area contributed by atoms with Gasteiger partial charge in [-0.25, -0.2) is 9.79 Å². The molecular formula is C32H30ClN3O4S. The number of halogens is 1. The van der Waals surface area contributed by atoms with E-state index in [-0.39, 0.29) is 12.2 Å². The average molecular weight is 588 g/mol. The van der Waals surface area contributed by atoms with E-state index in [4.69, 9.17) is 21.1 Å². The van der Waals surface area contributed by atoms with Crippen LogP contribution in [0.25, 0.3) is 6.08 Å². The van der Waals surface area contributed by atoms with Crippen LogP contribution in [-0.4, -0.2) is 31.2 Å². The molecule has 0 N–H and O–H groups in total. The van der Waals surface area contributed by atoms with Crippen molar-refractivity contribution in [3.05, 3.63) is 125 Å². The topological polar surface area (TPSA) is 73.1 Å². The predicted octanol–water partition coefficient (Wildman–Crippen LogP) is 5.10. The molecule has 41 heavy (non-hydrogen) atoms. The molecule has 210 valence electrons. The van der Waals surface area contributed by atoms with Crippen molar-refractivity contribution in [2.45, 2.75) is 26.5 Å². The third-order valence-electron chi connectivity index (χ3n) is 6.74. The number of carbonyl (C=O) groups excluding carboxylic acids is 1. The molecule has 1 aliphatic rings. The summed E-state index contributed by atoms with van der Waals surface area (Å²) >= 11 is 7.25. The highest BCUT2D eigenvalue weighted by Crippen LogP contribution is 2.31. The lowest BCUT2D eigenvalue weighted by Gasteiger charge is -2.25. The van der Waals surface area contributed by atoms with Crippen molar-refractivity contribution < 1.29 is 14.3 Å². The zero-order valence-corrected chi connectivity index (χ0v) is 24.8. The summed E-state index contributed by atoms with van der Waals surface area (Å²) in [6, 6.07) is 22.3. The second kappa shape index (κ2) is 12.2. The summed E-state index contributed by atoms with van der Waals surface area (Å²) in [5.74, 6) is 0.244. The second-order valence-corrected chi connectivity index (χ2v) is 11.2. The van der Waals surface area contributed by atoms with Gasteiger partial charge in [0.1, 0.15) is 12.4 Å². The molecule has 3 aromatic carbocycles. The first-order valence-corrected chi connectivity index (χ1v) is 14.4. The van der Waals surface area contributed by atoms with Crippen LogP contribution in [0.4, 0.5) is 5.69 Å². The fourth-order valence-corrected chi connectivity index (χ4v) is 5.79. The molecule has 4 aromatic rings. The van der Waals surface area contributed by atoms with E-state index in [0.29, 0.717) is 32.2 Å². The molecule has 1 atom stereocenters. The number of nitrogens with zero attached hydrogens (tertiary/aromatic N) is 3. The van der Waals surface area contributed by atoms with Gasteiger partial charge in [-0.3, -0.25) is 9.36 Å². The maximum Gasteiger partial charge on any atom is 0.338 e. The molecule has 0 fully saturated rings. The summed E-state index contributed by atoms with van der Waals surface area (Å²) in [7, 11) is 3.93. The fraction of sp³-hybridized carbons (Fsp3) is 0.219. The Kier molecular flexibility index (Phi) is 8.42. The summed E-state index contributed by atoms with van der Waals surface area (Å²) in [6.45, 7) is 4.20. The highest BCUT2D eigenvalue weighted by Gasteiger charge is 2.33. The van der Waals surface area contributed by atoms with E-state index in [1.165, 1.54) is 11.3 Å². The van der Waals surface area contributed by atoms with Crippen molar-refractivity contribution in [3.8, 4) is 5.75 Å². The maximum absolute atomic E-state index is 13.8. The van der Waals surface area contributed by atoms with Crippen LogP contribution in [0.1, 0.15) is 36.6 Å². The Morgan fingerprint density at radius 1 is 1.05 bits per heavy atom. The molecule has 0 bridgehead atoms. The number of hydrogen-bond donors (Lipinski definition) is 0. The zero-order chi connectivity index (χ0) is 29.1. The predicted molar refractivity (Wildman–Crippen MR) is 163 cm³/mol. The van der Waals surface area contributed by atoms with E-state index in [0.717, 1.165) is 28.1 Å². The number of esters is 1. The first-order valence-electron chi connectivity index (χ1n) is 13.2. The molecule has 7 nitrogen and oxygen atoms in total. The van der Waals surface area contributed by atoms with Crippen molar-refractivity contribution in [2.75, 3.05) is 25.6 Å². The van der Waals surface area contributed by atoms with E-state index in [9.17, 15) is 9.59 Å². The minimum Gasteiger partial charge on any atom is -0.489 e. The van der Waals surface area contributed by atoms with Gasteiger partial charge >= 0.3 is 5.97 Å². The minimum atomic E-state index is -0.646. The van der Waals surface area contributed by atoms with Crippen molar-refractivity contribution in [1.29, 1.82) is 0 Å². The van der Waals surface area contributed by atoms with Crippen LogP contribution in [0.2, 0.25) is 5.02 Å². The summed E-state index contributed by atoms with van der Waals surface area (Å²) in [5, 5.41) is 0.684. The molecule has 1 aliphatic heterocycles. The number of fused-ring (bicyclic) bond motifs is 1. The Morgan fingerprint density at radius 3 is 2.37 bits per heavy atom. The van der Waals surface area contributed by atoms with Crippen molar-refractivity contribution >= 4 is 40.7 Å². The van der Waals surface area contributed by atoms with Crippen molar-refractivity contribution in [3.63, 3.8) is 0 Å². The largest absolute Gasteiger partial charge is 0.489 e. The van der Waals surface area contributed by atoms with Crippen molar-refractivity contribution in [2.24, 2.45) is 4.99 Å². The number of rotatable bonds is 8. The first kappa shape index (κ1) is 28.4. The first-order chi connectivity index (χ1) is 19.7. The highest BCUT2D eigenvalue weighted by molar-refractivity contribution is 7.07. The maximum atomic E-state index is 13.8. The normalized spacial score (nSPS) is 14.9. The van der Waals surface area contributed by atoms with E-state index in [1.54, 1.807) is 18.4 Å². The number of carbonyl (C=O) groups is 1. The van der Waals surface area contributed by atoms with Crippen LogP contribution in [0.3, 0.4) is 0 Å². The summed E-state index contributed by atoms with van der Waals surface area (Å²) in [4.78, 5) is 34.1. The van der Waals surface area contributed by atoms with E-state index < -0.39 is 12.0 Å². The van der Waals surface area contributed by atoms with Crippen LogP contribution < -0.4 is 24.5 Å². The molecular weight excluding hydrogens is 558 g/mol. The Morgan fingerprint density at radius 2 is 1.73 bits per heavy atom. The molecule has 0 aliphatic carbocycles. The van der Waals surface area contributed by atoms with E-state index in [2.05, 4.69) is 4.99 Å². The Hall–Kier alpha value is -4.14. The third kappa shape index (κ3) is 6.14. The molecule has 1 aromatic heterocycles. The van der Waals surface area contributed by atoms with Gasteiger partial charge in [0, 0.05) is 24.8 Å². The third-order valence-corrected chi connectivity index (χ3v) is 7.97. The summed E-state index contributed by atoms with van der Waals surface area (Å²) in [5.41, 5.74) is 4.38. The van der Waals surface area contributed by atoms with Gasteiger partial charge in [0.05, 0.1) is 28.5 Å². The lowest BCUT2D eigenvalue weighted by atomic mass is 9.95. The van der Waals surface area contributed by atoms with Crippen LogP contribution >= 0.6 is 22.9 Å². The Bertz CT molecular complexity index is 1770. The molecule has 0 saturated carbocycles. The lowest BCUT2D eigenvalue weighted by molar-refractivity contribution is -0.139. The van der Waals surface area contributed by atoms with Crippen LogP contribution in [0.15, 0.2) is 93.9 Å². The van der Waals surface area contributed by atoms with Gasteiger partial charge in [0.2, 0.25) is 0 Å². The molecule has 2 heterocycles. The Balaban J connectivity index is 1.49. The summed E-state index contributed by atoms with van der Waals surface area (Å²) in [6.07, 6.45) is 1.84.